The van der Waals surface area contributed by atoms with Gasteiger partial charge in [0.2, 0.25) is 0 Å². The third kappa shape index (κ3) is 6.25. The molecule has 0 spiro atoms. The SMILES string of the molecule is O=C(COc1ccc(Br)cc1)N(CCO)CC(F)(F)F. The molecule has 0 heterocycles. The lowest BCUT2D eigenvalue weighted by atomic mass is 10.3. The summed E-state index contributed by atoms with van der Waals surface area (Å²) in [5.74, 6) is -0.461. The van der Waals surface area contributed by atoms with E-state index in [1.807, 2.05) is 0 Å². The van der Waals surface area contributed by atoms with Crippen LogP contribution in [0.2, 0.25) is 0 Å². The minimum absolute atomic E-state index is 0.373. The molecule has 1 rings (SSSR count). The zero-order valence-corrected chi connectivity index (χ0v) is 11.9. The first-order chi connectivity index (χ1) is 9.31. The van der Waals surface area contributed by atoms with Gasteiger partial charge in [-0.1, -0.05) is 15.9 Å². The molecule has 0 radical (unpaired) electrons. The Bertz CT molecular complexity index is 437. The first-order valence-electron chi connectivity index (χ1n) is 5.65. The fourth-order valence-electron chi connectivity index (χ4n) is 1.40. The molecule has 112 valence electrons. The molecular weight excluding hydrogens is 343 g/mol. The quantitative estimate of drug-likeness (QED) is 0.851. The van der Waals surface area contributed by atoms with Crippen molar-refractivity contribution >= 4 is 21.8 Å². The number of alkyl halides is 3. The van der Waals surface area contributed by atoms with Crippen molar-refractivity contribution in [1.29, 1.82) is 0 Å². The molecule has 0 saturated heterocycles. The normalized spacial score (nSPS) is 11.2. The molecule has 0 fully saturated rings. The summed E-state index contributed by atoms with van der Waals surface area (Å²) in [6, 6.07) is 6.52. The number of aliphatic hydroxyl groups is 1. The second-order valence-corrected chi connectivity index (χ2v) is 4.81. The van der Waals surface area contributed by atoms with E-state index in [9.17, 15) is 18.0 Å². The number of halogens is 4. The highest BCUT2D eigenvalue weighted by Crippen LogP contribution is 2.18. The topological polar surface area (TPSA) is 49.8 Å². The number of rotatable bonds is 6. The number of hydrogen-bond donors (Lipinski definition) is 1. The molecule has 0 aromatic heterocycles. The molecule has 1 amide bonds. The Morgan fingerprint density at radius 3 is 2.40 bits per heavy atom. The van der Waals surface area contributed by atoms with Crippen LogP contribution < -0.4 is 4.74 Å². The molecule has 0 aliphatic carbocycles. The molecule has 0 bridgehead atoms. The van der Waals surface area contributed by atoms with Crippen molar-refractivity contribution in [2.75, 3.05) is 26.3 Å². The zero-order chi connectivity index (χ0) is 15.2. The first kappa shape index (κ1) is 16.8. The standard InChI is InChI=1S/C12H13BrF3NO3/c13-9-1-3-10(4-2-9)20-7-11(19)17(5-6-18)8-12(14,15)16/h1-4,18H,5-8H2. The van der Waals surface area contributed by atoms with Crippen molar-refractivity contribution in [2.45, 2.75) is 6.18 Å². The van der Waals surface area contributed by atoms with Crippen molar-refractivity contribution in [1.82, 2.24) is 4.90 Å². The highest BCUT2D eigenvalue weighted by molar-refractivity contribution is 9.10. The molecule has 0 aliphatic heterocycles. The summed E-state index contributed by atoms with van der Waals surface area (Å²) in [6.07, 6.45) is -4.51. The lowest BCUT2D eigenvalue weighted by Gasteiger charge is -2.23. The molecule has 0 unspecified atom stereocenters. The number of benzene rings is 1. The van der Waals surface area contributed by atoms with E-state index >= 15 is 0 Å². The van der Waals surface area contributed by atoms with E-state index in [-0.39, 0.29) is 6.54 Å². The van der Waals surface area contributed by atoms with E-state index in [1.165, 1.54) is 0 Å². The minimum Gasteiger partial charge on any atom is -0.484 e. The van der Waals surface area contributed by atoms with Crippen LogP contribution >= 0.6 is 15.9 Å². The van der Waals surface area contributed by atoms with Crippen LogP contribution in [-0.2, 0) is 4.79 Å². The highest BCUT2D eigenvalue weighted by atomic mass is 79.9. The first-order valence-corrected chi connectivity index (χ1v) is 6.45. The van der Waals surface area contributed by atoms with Gasteiger partial charge in [-0.2, -0.15) is 13.2 Å². The van der Waals surface area contributed by atoms with Gasteiger partial charge in [-0.05, 0) is 24.3 Å². The third-order valence-electron chi connectivity index (χ3n) is 2.27. The molecule has 20 heavy (non-hydrogen) atoms. The predicted octanol–water partition coefficient (Wildman–Crippen LogP) is 2.21. The summed E-state index contributed by atoms with van der Waals surface area (Å²) in [4.78, 5) is 12.1. The van der Waals surface area contributed by atoms with Gasteiger partial charge in [-0.25, -0.2) is 0 Å². The van der Waals surface area contributed by atoms with Crippen LogP contribution in [0.4, 0.5) is 13.2 Å². The fraction of sp³-hybridized carbons (Fsp3) is 0.417. The van der Waals surface area contributed by atoms with E-state index in [0.29, 0.717) is 10.6 Å². The predicted molar refractivity (Wildman–Crippen MR) is 69.4 cm³/mol. The van der Waals surface area contributed by atoms with Gasteiger partial charge in [0.05, 0.1) is 6.61 Å². The second kappa shape index (κ2) is 7.49. The van der Waals surface area contributed by atoms with E-state index in [2.05, 4.69) is 15.9 Å². The molecule has 8 heteroatoms. The smallest absolute Gasteiger partial charge is 0.406 e. The van der Waals surface area contributed by atoms with Gasteiger partial charge in [0.1, 0.15) is 12.3 Å². The Morgan fingerprint density at radius 2 is 1.90 bits per heavy atom. The fourth-order valence-corrected chi connectivity index (χ4v) is 1.66. The van der Waals surface area contributed by atoms with E-state index < -0.39 is 31.8 Å². The van der Waals surface area contributed by atoms with Crippen molar-refractivity contribution in [2.24, 2.45) is 0 Å². The lowest BCUT2D eigenvalue weighted by molar-refractivity contribution is -0.163. The average Bonchev–Trinajstić information content (AvgIpc) is 2.35. The van der Waals surface area contributed by atoms with Crippen molar-refractivity contribution in [3.8, 4) is 5.75 Å². The molecule has 0 aliphatic rings. The van der Waals surface area contributed by atoms with Crippen LogP contribution in [0.15, 0.2) is 28.7 Å². The largest absolute Gasteiger partial charge is 0.484 e. The maximum absolute atomic E-state index is 12.3. The number of hydrogen-bond acceptors (Lipinski definition) is 3. The highest BCUT2D eigenvalue weighted by Gasteiger charge is 2.32. The van der Waals surface area contributed by atoms with Gasteiger partial charge in [0.25, 0.3) is 5.91 Å². The third-order valence-corrected chi connectivity index (χ3v) is 2.80. The van der Waals surface area contributed by atoms with Crippen LogP contribution in [0.1, 0.15) is 0 Å². The summed E-state index contributed by atoms with van der Waals surface area (Å²) in [5.41, 5.74) is 0. The van der Waals surface area contributed by atoms with Crippen LogP contribution in [0.5, 0.6) is 5.75 Å². The van der Waals surface area contributed by atoms with Gasteiger partial charge in [-0.15, -0.1) is 0 Å². The number of nitrogens with zero attached hydrogens (tertiary/aromatic N) is 1. The Morgan fingerprint density at radius 1 is 1.30 bits per heavy atom. The Balaban J connectivity index is 2.55. The molecular formula is C12H13BrF3NO3. The van der Waals surface area contributed by atoms with Gasteiger partial charge in [-0.3, -0.25) is 4.79 Å². The number of carbonyl (C=O) groups is 1. The number of aliphatic hydroxyl groups excluding tert-OH is 1. The van der Waals surface area contributed by atoms with Gasteiger partial charge in [0.15, 0.2) is 6.61 Å². The number of carbonyl (C=O) groups excluding carboxylic acids is 1. The van der Waals surface area contributed by atoms with Crippen molar-refractivity contribution in [3.05, 3.63) is 28.7 Å². The van der Waals surface area contributed by atoms with E-state index in [0.717, 1.165) is 4.47 Å². The summed E-state index contributed by atoms with van der Waals surface area (Å²) in [7, 11) is 0. The molecule has 1 N–H and O–H groups in total. The Labute approximate surface area is 122 Å². The number of ether oxygens (including phenoxy) is 1. The summed E-state index contributed by atoms with van der Waals surface area (Å²) < 4.78 is 42.7. The summed E-state index contributed by atoms with van der Waals surface area (Å²) >= 11 is 3.22. The molecule has 0 saturated carbocycles. The summed E-state index contributed by atoms with van der Waals surface area (Å²) in [5, 5.41) is 8.69. The Hall–Kier alpha value is -1.28. The van der Waals surface area contributed by atoms with Gasteiger partial charge < -0.3 is 14.7 Å². The van der Waals surface area contributed by atoms with Crippen LogP contribution in [0.25, 0.3) is 0 Å². The van der Waals surface area contributed by atoms with Gasteiger partial charge >= 0.3 is 6.18 Å². The second-order valence-electron chi connectivity index (χ2n) is 3.90. The minimum atomic E-state index is -4.51. The number of amides is 1. The van der Waals surface area contributed by atoms with Gasteiger partial charge in [0, 0.05) is 11.0 Å². The lowest BCUT2D eigenvalue weighted by Crippen LogP contribution is -2.42. The molecule has 1 aromatic carbocycles. The zero-order valence-electron chi connectivity index (χ0n) is 10.4. The monoisotopic (exact) mass is 355 g/mol. The maximum atomic E-state index is 12.3. The Kier molecular flexibility index (Phi) is 6.28. The van der Waals surface area contributed by atoms with Crippen molar-refractivity contribution < 1.29 is 27.8 Å². The average molecular weight is 356 g/mol. The van der Waals surface area contributed by atoms with Crippen LogP contribution in [0.3, 0.4) is 0 Å². The van der Waals surface area contributed by atoms with E-state index in [4.69, 9.17) is 9.84 Å². The van der Waals surface area contributed by atoms with Crippen LogP contribution in [0, 0.1) is 0 Å². The molecule has 4 nitrogen and oxygen atoms in total. The molecule has 1 aromatic rings. The summed E-state index contributed by atoms with van der Waals surface area (Å²) in [6.45, 7) is -2.85. The van der Waals surface area contributed by atoms with E-state index in [1.54, 1.807) is 24.3 Å². The maximum Gasteiger partial charge on any atom is 0.406 e. The van der Waals surface area contributed by atoms with Crippen LogP contribution in [-0.4, -0.2) is 48.4 Å². The van der Waals surface area contributed by atoms with Crippen molar-refractivity contribution in [3.63, 3.8) is 0 Å². The molecule has 0 atom stereocenters.